The van der Waals surface area contributed by atoms with Crippen molar-refractivity contribution in [3.63, 3.8) is 0 Å². The van der Waals surface area contributed by atoms with E-state index in [1.54, 1.807) is 0 Å². The van der Waals surface area contributed by atoms with Gasteiger partial charge in [0.05, 0.1) is 0 Å². The number of benzene rings is 2. The fourth-order valence-corrected chi connectivity index (χ4v) is 2.78. The maximum absolute atomic E-state index is 3.59. The van der Waals surface area contributed by atoms with Crippen molar-refractivity contribution in [3.8, 4) is 0 Å². The normalized spacial score (nSPS) is 22.9. The second-order valence-electron chi connectivity index (χ2n) is 5.06. The summed E-state index contributed by atoms with van der Waals surface area (Å²) in [5.74, 6) is 0.598. The van der Waals surface area contributed by atoms with Crippen LogP contribution in [0.2, 0.25) is 0 Å². The summed E-state index contributed by atoms with van der Waals surface area (Å²) in [5, 5.41) is 3.59. The summed E-state index contributed by atoms with van der Waals surface area (Å²) >= 11 is 0. The minimum Gasteiger partial charge on any atom is -0.310 e. The van der Waals surface area contributed by atoms with Crippen LogP contribution in [0.5, 0.6) is 0 Å². The largest absolute Gasteiger partial charge is 0.310 e. The zero-order valence-electron chi connectivity index (χ0n) is 11.0. The minimum atomic E-state index is 0.447. The minimum absolute atomic E-state index is 0.447. The van der Waals surface area contributed by atoms with E-state index in [0.29, 0.717) is 12.0 Å². The van der Waals surface area contributed by atoms with Crippen molar-refractivity contribution in [1.29, 1.82) is 0 Å². The van der Waals surface area contributed by atoms with Crippen LogP contribution in [0.25, 0.3) is 6.08 Å². The molecule has 3 rings (SSSR count). The Kier molecular flexibility index (Phi) is 3.75. The number of hydrogen-bond donors (Lipinski definition) is 1. The van der Waals surface area contributed by atoms with Crippen molar-refractivity contribution in [1.82, 2.24) is 5.32 Å². The monoisotopic (exact) mass is 249 g/mol. The highest BCUT2D eigenvalue weighted by Crippen LogP contribution is 2.28. The molecule has 96 valence electrons. The van der Waals surface area contributed by atoms with Gasteiger partial charge < -0.3 is 5.32 Å². The third kappa shape index (κ3) is 2.94. The fourth-order valence-electron chi connectivity index (χ4n) is 2.78. The molecule has 19 heavy (non-hydrogen) atoms. The maximum Gasteiger partial charge on any atom is 0.0322 e. The van der Waals surface area contributed by atoms with E-state index in [2.05, 4.69) is 78.1 Å². The summed E-state index contributed by atoms with van der Waals surface area (Å²) in [7, 11) is 0. The van der Waals surface area contributed by atoms with Crippen LogP contribution < -0.4 is 5.32 Å². The fraction of sp³-hybridized carbons (Fsp3) is 0.222. The second kappa shape index (κ2) is 5.85. The van der Waals surface area contributed by atoms with Gasteiger partial charge in [-0.2, -0.15) is 0 Å². The lowest BCUT2D eigenvalue weighted by molar-refractivity contribution is 0.650. The summed E-state index contributed by atoms with van der Waals surface area (Å²) < 4.78 is 0. The molecule has 0 radical (unpaired) electrons. The molecule has 0 saturated carbocycles. The molecule has 1 aliphatic rings. The molecule has 1 fully saturated rings. The third-order valence-corrected chi connectivity index (χ3v) is 3.79. The molecule has 2 atom stereocenters. The highest BCUT2D eigenvalue weighted by molar-refractivity contribution is 5.50. The molecular weight excluding hydrogens is 230 g/mol. The molecule has 0 bridgehead atoms. The number of nitrogens with one attached hydrogen (secondary N) is 1. The van der Waals surface area contributed by atoms with Gasteiger partial charge in [-0.15, -0.1) is 0 Å². The zero-order chi connectivity index (χ0) is 12.9. The Morgan fingerprint density at radius 1 is 0.895 bits per heavy atom. The Balaban J connectivity index is 1.75. The van der Waals surface area contributed by atoms with E-state index in [1.807, 2.05) is 0 Å². The van der Waals surface area contributed by atoms with E-state index in [-0.39, 0.29) is 0 Å². The van der Waals surface area contributed by atoms with E-state index in [0.717, 1.165) is 6.54 Å². The summed E-state index contributed by atoms with van der Waals surface area (Å²) in [5.41, 5.74) is 2.71. The van der Waals surface area contributed by atoms with Crippen molar-refractivity contribution in [3.05, 3.63) is 77.9 Å². The first-order valence-corrected chi connectivity index (χ1v) is 6.95. The summed E-state index contributed by atoms with van der Waals surface area (Å²) in [6, 6.07) is 21.8. The van der Waals surface area contributed by atoms with Crippen LogP contribution in [0.4, 0.5) is 0 Å². The highest BCUT2D eigenvalue weighted by Gasteiger charge is 2.25. The van der Waals surface area contributed by atoms with Gasteiger partial charge in [-0.1, -0.05) is 72.8 Å². The van der Waals surface area contributed by atoms with Gasteiger partial charge in [0, 0.05) is 12.0 Å². The third-order valence-electron chi connectivity index (χ3n) is 3.79. The SMILES string of the molecule is C(=C[C@H]1NCC[C@@H]1c1ccccc1)c1ccccc1. The first kappa shape index (κ1) is 12.2. The van der Waals surface area contributed by atoms with E-state index < -0.39 is 0 Å². The summed E-state index contributed by atoms with van der Waals surface area (Å²) in [4.78, 5) is 0. The molecule has 0 aromatic heterocycles. The van der Waals surface area contributed by atoms with Crippen LogP contribution in [0.1, 0.15) is 23.5 Å². The van der Waals surface area contributed by atoms with Gasteiger partial charge in [-0.25, -0.2) is 0 Å². The number of rotatable bonds is 3. The smallest absolute Gasteiger partial charge is 0.0322 e. The molecule has 1 heterocycles. The van der Waals surface area contributed by atoms with Crippen LogP contribution >= 0.6 is 0 Å². The molecular formula is C18H19N. The lowest BCUT2D eigenvalue weighted by Gasteiger charge is -2.16. The second-order valence-corrected chi connectivity index (χ2v) is 5.06. The van der Waals surface area contributed by atoms with Crippen molar-refractivity contribution in [2.24, 2.45) is 0 Å². The zero-order valence-corrected chi connectivity index (χ0v) is 11.0. The average molecular weight is 249 g/mol. The van der Waals surface area contributed by atoms with Crippen molar-refractivity contribution in [2.45, 2.75) is 18.4 Å². The van der Waals surface area contributed by atoms with E-state index in [4.69, 9.17) is 0 Å². The van der Waals surface area contributed by atoms with E-state index >= 15 is 0 Å². The predicted molar refractivity (Wildman–Crippen MR) is 81.1 cm³/mol. The van der Waals surface area contributed by atoms with Crippen LogP contribution in [-0.4, -0.2) is 12.6 Å². The van der Waals surface area contributed by atoms with Gasteiger partial charge in [0.2, 0.25) is 0 Å². The van der Waals surface area contributed by atoms with Crippen molar-refractivity contribution < 1.29 is 0 Å². The van der Waals surface area contributed by atoms with E-state index in [1.165, 1.54) is 17.5 Å². The molecule has 0 spiro atoms. The van der Waals surface area contributed by atoms with Gasteiger partial charge >= 0.3 is 0 Å². The Hall–Kier alpha value is -1.86. The van der Waals surface area contributed by atoms with Crippen molar-refractivity contribution in [2.75, 3.05) is 6.54 Å². The van der Waals surface area contributed by atoms with E-state index in [9.17, 15) is 0 Å². The summed E-state index contributed by atoms with van der Waals surface area (Å²) in [6.45, 7) is 1.10. The Morgan fingerprint density at radius 2 is 1.58 bits per heavy atom. The maximum atomic E-state index is 3.59. The molecule has 2 aromatic rings. The standard InChI is InChI=1S/C18H19N/c1-3-7-15(8-4-1)11-12-18-17(13-14-19-18)16-9-5-2-6-10-16/h1-12,17-19H,13-14H2/t17-,18-/m1/s1. The summed E-state index contributed by atoms with van der Waals surface area (Å²) in [6.07, 6.45) is 5.74. The molecule has 0 unspecified atom stereocenters. The predicted octanol–water partition coefficient (Wildman–Crippen LogP) is 3.85. The Bertz CT molecular complexity index is 530. The molecule has 0 aliphatic carbocycles. The average Bonchev–Trinajstić information content (AvgIpc) is 2.95. The van der Waals surface area contributed by atoms with Crippen molar-refractivity contribution >= 4 is 6.08 Å². The quantitative estimate of drug-likeness (QED) is 0.871. The Morgan fingerprint density at radius 3 is 2.32 bits per heavy atom. The van der Waals surface area contributed by atoms with Gasteiger partial charge in [-0.3, -0.25) is 0 Å². The van der Waals surface area contributed by atoms with Gasteiger partial charge in [0.15, 0.2) is 0 Å². The lowest BCUT2D eigenvalue weighted by atomic mass is 9.91. The van der Waals surface area contributed by atoms with Crippen LogP contribution in [0, 0.1) is 0 Å². The number of hydrogen-bond acceptors (Lipinski definition) is 1. The molecule has 1 nitrogen and oxygen atoms in total. The highest BCUT2D eigenvalue weighted by atomic mass is 14.9. The molecule has 1 saturated heterocycles. The van der Waals surface area contributed by atoms with Crippen LogP contribution in [0.15, 0.2) is 66.7 Å². The lowest BCUT2D eigenvalue weighted by Crippen LogP contribution is -2.23. The van der Waals surface area contributed by atoms with Gasteiger partial charge in [-0.05, 0) is 24.1 Å². The first-order chi connectivity index (χ1) is 9.43. The Labute approximate surface area is 115 Å². The molecule has 0 amide bonds. The molecule has 1 N–H and O–H groups in total. The topological polar surface area (TPSA) is 12.0 Å². The molecule has 1 aliphatic heterocycles. The first-order valence-electron chi connectivity index (χ1n) is 6.95. The van der Waals surface area contributed by atoms with Gasteiger partial charge in [0.25, 0.3) is 0 Å². The molecule has 1 heteroatoms. The van der Waals surface area contributed by atoms with Crippen LogP contribution in [-0.2, 0) is 0 Å². The van der Waals surface area contributed by atoms with Crippen LogP contribution in [0.3, 0.4) is 0 Å². The van der Waals surface area contributed by atoms with Gasteiger partial charge in [0.1, 0.15) is 0 Å². The molecule has 2 aromatic carbocycles.